The zero-order chi connectivity index (χ0) is 19.8. The van der Waals surface area contributed by atoms with E-state index in [1.165, 1.54) is 0 Å². The molecule has 5 heteroatoms. The van der Waals surface area contributed by atoms with Gasteiger partial charge in [-0.1, -0.05) is 54.6 Å². The number of nitrogens with zero attached hydrogens (tertiary/aromatic N) is 2. The summed E-state index contributed by atoms with van der Waals surface area (Å²) in [6, 6.07) is 24.9. The number of rotatable bonds is 7. The number of benzene rings is 3. The third-order valence-corrected chi connectivity index (χ3v) is 4.16. The number of para-hydroxylation sites is 1. The minimum atomic E-state index is -0.315. The van der Waals surface area contributed by atoms with Crippen LogP contribution in [0.15, 0.2) is 84.0 Å². The van der Waals surface area contributed by atoms with Crippen LogP contribution in [-0.4, -0.2) is 26.2 Å². The molecule has 5 nitrogen and oxygen atoms in total. The molecule has 0 fully saturated rings. The van der Waals surface area contributed by atoms with Crippen molar-refractivity contribution in [3.05, 3.63) is 95.6 Å². The highest BCUT2D eigenvalue weighted by atomic mass is 16.5. The highest BCUT2D eigenvalue weighted by molar-refractivity contribution is 5.97. The van der Waals surface area contributed by atoms with Crippen LogP contribution in [0.2, 0.25) is 0 Å². The van der Waals surface area contributed by atoms with E-state index in [-0.39, 0.29) is 5.91 Å². The predicted molar refractivity (Wildman–Crippen MR) is 113 cm³/mol. The number of hydrogen-bond donors (Lipinski definition) is 1. The van der Waals surface area contributed by atoms with E-state index in [9.17, 15) is 4.79 Å². The Morgan fingerprint density at radius 2 is 1.64 bits per heavy atom. The van der Waals surface area contributed by atoms with Crippen LogP contribution in [0.25, 0.3) is 0 Å². The van der Waals surface area contributed by atoms with Crippen molar-refractivity contribution in [1.29, 1.82) is 0 Å². The fourth-order valence-electron chi connectivity index (χ4n) is 2.60. The maximum Gasteiger partial charge on any atom is 0.275 e. The van der Waals surface area contributed by atoms with E-state index >= 15 is 0 Å². The number of carbonyl (C=O) groups is 1. The third kappa shape index (κ3) is 5.20. The maximum atomic E-state index is 12.5. The summed E-state index contributed by atoms with van der Waals surface area (Å²) in [4.78, 5) is 14.5. The molecule has 3 aromatic carbocycles. The van der Waals surface area contributed by atoms with Gasteiger partial charge in [-0.2, -0.15) is 5.10 Å². The minimum Gasteiger partial charge on any atom is -0.488 e. The second kappa shape index (κ2) is 9.37. The van der Waals surface area contributed by atoms with Gasteiger partial charge < -0.3 is 9.64 Å². The first-order valence-corrected chi connectivity index (χ1v) is 9.00. The lowest BCUT2D eigenvalue weighted by atomic mass is 10.2. The van der Waals surface area contributed by atoms with Gasteiger partial charge in [-0.05, 0) is 35.4 Å². The van der Waals surface area contributed by atoms with Crippen LogP contribution in [0.5, 0.6) is 5.75 Å². The quantitative estimate of drug-likeness (QED) is 0.501. The molecule has 0 unspecified atom stereocenters. The fraction of sp³-hybridized carbons (Fsp3) is 0.130. The molecule has 0 aliphatic rings. The summed E-state index contributed by atoms with van der Waals surface area (Å²) in [5.74, 6) is 0.208. The molecule has 0 saturated carbocycles. The largest absolute Gasteiger partial charge is 0.488 e. The summed E-state index contributed by atoms with van der Waals surface area (Å²) >= 11 is 0. The molecular weight excluding hydrogens is 350 g/mol. The number of carbonyl (C=O) groups excluding carboxylic acids is 1. The zero-order valence-corrected chi connectivity index (χ0v) is 16.0. The Balaban J connectivity index is 1.62. The number of hydrazone groups is 1. The molecule has 0 aromatic heterocycles. The molecule has 3 aromatic rings. The van der Waals surface area contributed by atoms with E-state index in [2.05, 4.69) is 10.5 Å². The topological polar surface area (TPSA) is 53.9 Å². The average molecular weight is 373 g/mol. The number of anilines is 1. The van der Waals surface area contributed by atoms with Crippen molar-refractivity contribution in [3.8, 4) is 5.75 Å². The highest BCUT2D eigenvalue weighted by Gasteiger charge is 2.11. The molecule has 0 radical (unpaired) electrons. The van der Waals surface area contributed by atoms with Gasteiger partial charge in [0.25, 0.3) is 5.91 Å². The summed E-state index contributed by atoms with van der Waals surface area (Å²) in [5.41, 5.74) is 6.05. The molecule has 0 aliphatic carbocycles. The summed E-state index contributed by atoms with van der Waals surface area (Å²) in [7, 11) is 3.97. The Bertz CT molecular complexity index is 936. The van der Waals surface area contributed by atoms with Gasteiger partial charge in [0, 0.05) is 19.8 Å². The van der Waals surface area contributed by atoms with Gasteiger partial charge in [0.2, 0.25) is 0 Å². The molecular formula is C23H23N3O2. The van der Waals surface area contributed by atoms with Crippen molar-refractivity contribution in [2.45, 2.75) is 6.61 Å². The van der Waals surface area contributed by atoms with E-state index in [1.54, 1.807) is 24.4 Å². The second-order valence-electron chi connectivity index (χ2n) is 6.46. The Kier molecular flexibility index (Phi) is 6.41. The minimum absolute atomic E-state index is 0.315. The number of nitrogens with one attached hydrogen (secondary N) is 1. The van der Waals surface area contributed by atoms with Crippen LogP contribution in [0.4, 0.5) is 5.69 Å². The summed E-state index contributed by atoms with van der Waals surface area (Å²) in [6.45, 7) is 0.395. The van der Waals surface area contributed by atoms with Crippen molar-refractivity contribution in [1.82, 2.24) is 5.43 Å². The molecule has 0 saturated heterocycles. The van der Waals surface area contributed by atoms with Crippen molar-refractivity contribution in [3.63, 3.8) is 0 Å². The molecule has 0 heterocycles. The molecule has 142 valence electrons. The van der Waals surface area contributed by atoms with E-state index in [1.807, 2.05) is 79.7 Å². The monoisotopic (exact) mass is 373 g/mol. The second-order valence-corrected chi connectivity index (χ2v) is 6.46. The standard InChI is InChI=1S/C23H23N3O2/c1-26(2)20-14-12-18(13-15-20)16-24-25-23(27)21-10-6-7-11-22(21)28-17-19-8-4-3-5-9-19/h3-16H,17H2,1-2H3,(H,25,27)/b24-16+. The lowest BCUT2D eigenvalue weighted by molar-refractivity contribution is 0.0950. The van der Waals surface area contributed by atoms with Crippen LogP contribution in [0.3, 0.4) is 0 Å². The predicted octanol–water partition coefficient (Wildman–Crippen LogP) is 4.10. The average Bonchev–Trinajstić information content (AvgIpc) is 2.73. The van der Waals surface area contributed by atoms with Crippen molar-refractivity contribution in [2.75, 3.05) is 19.0 Å². The Labute approximate surface area is 165 Å². The maximum absolute atomic E-state index is 12.5. The smallest absolute Gasteiger partial charge is 0.275 e. The van der Waals surface area contributed by atoms with E-state index < -0.39 is 0 Å². The van der Waals surface area contributed by atoms with Crippen LogP contribution >= 0.6 is 0 Å². The van der Waals surface area contributed by atoms with Crippen LogP contribution < -0.4 is 15.1 Å². The van der Waals surface area contributed by atoms with Crippen LogP contribution in [0, 0.1) is 0 Å². The van der Waals surface area contributed by atoms with Crippen LogP contribution in [-0.2, 0) is 6.61 Å². The number of hydrogen-bond acceptors (Lipinski definition) is 4. The van der Waals surface area contributed by atoms with E-state index in [0.717, 1.165) is 16.8 Å². The lowest BCUT2D eigenvalue weighted by Crippen LogP contribution is -2.18. The highest BCUT2D eigenvalue weighted by Crippen LogP contribution is 2.19. The zero-order valence-electron chi connectivity index (χ0n) is 16.0. The van der Waals surface area contributed by atoms with Gasteiger partial charge in [0.05, 0.1) is 11.8 Å². The first-order chi connectivity index (χ1) is 13.6. The van der Waals surface area contributed by atoms with Gasteiger partial charge in [-0.15, -0.1) is 0 Å². The summed E-state index contributed by atoms with van der Waals surface area (Å²) < 4.78 is 5.83. The van der Waals surface area contributed by atoms with E-state index in [0.29, 0.717) is 17.9 Å². The third-order valence-electron chi connectivity index (χ3n) is 4.16. The van der Waals surface area contributed by atoms with Crippen molar-refractivity contribution < 1.29 is 9.53 Å². The Morgan fingerprint density at radius 3 is 2.36 bits per heavy atom. The summed E-state index contributed by atoms with van der Waals surface area (Å²) in [5, 5.41) is 4.06. The molecule has 0 bridgehead atoms. The van der Waals surface area contributed by atoms with Crippen molar-refractivity contribution >= 4 is 17.8 Å². The molecule has 1 amide bonds. The van der Waals surface area contributed by atoms with Gasteiger partial charge in [-0.3, -0.25) is 4.79 Å². The molecule has 0 aliphatic heterocycles. The van der Waals surface area contributed by atoms with E-state index in [4.69, 9.17) is 4.74 Å². The normalized spacial score (nSPS) is 10.6. The molecule has 3 rings (SSSR count). The SMILES string of the molecule is CN(C)c1ccc(/C=N/NC(=O)c2ccccc2OCc2ccccc2)cc1. The molecule has 28 heavy (non-hydrogen) atoms. The molecule has 0 spiro atoms. The molecule has 1 N–H and O–H groups in total. The van der Waals surface area contributed by atoms with Gasteiger partial charge >= 0.3 is 0 Å². The Hall–Kier alpha value is -3.60. The summed E-state index contributed by atoms with van der Waals surface area (Å²) in [6.07, 6.45) is 1.62. The van der Waals surface area contributed by atoms with Crippen molar-refractivity contribution in [2.24, 2.45) is 5.10 Å². The number of amides is 1. The first-order valence-electron chi connectivity index (χ1n) is 9.00. The van der Waals surface area contributed by atoms with Gasteiger partial charge in [-0.25, -0.2) is 5.43 Å². The van der Waals surface area contributed by atoms with Gasteiger partial charge in [0.15, 0.2) is 0 Å². The number of ether oxygens (including phenoxy) is 1. The van der Waals surface area contributed by atoms with Crippen LogP contribution in [0.1, 0.15) is 21.5 Å². The molecule has 0 atom stereocenters. The van der Waals surface area contributed by atoms with Gasteiger partial charge in [0.1, 0.15) is 12.4 Å². The fourth-order valence-corrected chi connectivity index (χ4v) is 2.60. The first kappa shape index (κ1) is 19.2. The Morgan fingerprint density at radius 1 is 0.964 bits per heavy atom. The lowest BCUT2D eigenvalue weighted by Gasteiger charge is -2.11.